The first kappa shape index (κ1) is 20.0. The Labute approximate surface area is 146 Å². The molecule has 0 aromatic heterocycles. The van der Waals surface area contributed by atoms with Gasteiger partial charge in [0.25, 0.3) is 5.91 Å². The summed E-state index contributed by atoms with van der Waals surface area (Å²) in [4.78, 5) is 25.0. The summed E-state index contributed by atoms with van der Waals surface area (Å²) in [6, 6.07) is 2.69. The standard InChI is InChI=1S/C15H21N3O5.ClH/c1-15(8-16)4-5-17(9-15)14(19)10-6-11(18(20)21)13(23-3)12(7-10)22-2;/h6-7H,4-5,8-9,16H2,1-3H3;1H. The molecule has 1 saturated heterocycles. The average Bonchev–Trinajstić information content (AvgIpc) is 2.95. The van der Waals surface area contributed by atoms with Gasteiger partial charge in [-0.05, 0) is 24.4 Å². The van der Waals surface area contributed by atoms with Crippen LogP contribution in [0.2, 0.25) is 0 Å². The van der Waals surface area contributed by atoms with Crippen molar-refractivity contribution in [3.63, 3.8) is 0 Å². The first-order valence-corrected chi connectivity index (χ1v) is 7.25. The number of nitro groups is 1. The average molecular weight is 360 g/mol. The minimum atomic E-state index is -0.591. The van der Waals surface area contributed by atoms with Crippen molar-refractivity contribution < 1.29 is 19.2 Å². The zero-order valence-corrected chi connectivity index (χ0v) is 14.7. The third-order valence-electron chi connectivity index (χ3n) is 4.24. The van der Waals surface area contributed by atoms with Crippen LogP contribution in [-0.2, 0) is 0 Å². The largest absolute Gasteiger partial charge is 0.493 e. The van der Waals surface area contributed by atoms with Crippen molar-refractivity contribution in [3.8, 4) is 11.5 Å². The van der Waals surface area contributed by atoms with E-state index in [0.717, 1.165) is 6.42 Å². The van der Waals surface area contributed by atoms with Gasteiger partial charge in [-0.25, -0.2) is 0 Å². The van der Waals surface area contributed by atoms with Crippen molar-refractivity contribution in [2.45, 2.75) is 13.3 Å². The lowest BCUT2D eigenvalue weighted by Gasteiger charge is -2.22. The van der Waals surface area contributed by atoms with E-state index in [-0.39, 0.29) is 46.5 Å². The molecule has 0 aliphatic carbocycles. The number of methoxy groups -OCH3 is 2. The summed E-state index contributed by atoms with van der Waals surface area (Å²) >= 11 is 0. The van der Waals surface area contributed by atoms with Gasteiger partial charge in [-0.1, -0.05) is 6.92 Å². The summed E-state index contributed by atoms with van der Waals surface area (Å²) in [5.41, 5.74) is 5.55. The second kappa shape index (κ2) is 7.67. The molecule has 1 atom stereocenters. The predicted octanol–water partition coefficient (Wildman–Crippen LogP) is 1.84. The molecule has 134 valence electrons. The van der Waals surface area contributed by atoms with Crippen LogP contribution in [0.4, 0.5) is 5.69 Å². The number of nitrogens with two attached hydrogens (primary N) is 1. The Hall–Kier alpha value is -2.06. The molecule has 9 heteroatoms. The number of ether oxygens (including phenoxy) is 2. The van der Waals surface area contributed by atoms with E-state index in [1.165, 1.54) is 26.4 Å². The smallest absolute Gasteiger partial charge is 0.315 e. The van der Waals surface area contributed by atoms with Gasteiger partial charge in [0.2, 0.25) is 5.75 Å². The fourth-order valence-corrected chi connectivity index (χ4v) is 2.75. The van der Waals surface area contributed by atoms with E-state index in [1.54, 1.807) is 4.90 Å². The Morgan fingerprint density at radius 2 is 2.08 bits per heavy atom. The van der Waals surface area contributed by atoms with Gasteiger partial charge >= 0.3 is 5.69 Å². The lowest BCUT2D eigenvalue weighted by molar-refractivity contribution is -0.385. The summed E-state index contributed by atoms with van der Waals surface area (Å²) in [5.74, 6) is -0.112. The van der Waals surface area contributed by atoms with Gasteiger partial charge in [0.05, 0.1) is 24.7 Å². The first-order valence-electron chi connectivity index (χ1n) is 7.25. The second-order valence-corrected chi connectivity index (χ2v) is 5.98. The lowest BCUT2D eigenvalue weighted by atomic mass is 9.90. The second-order valence-electron chi connectivity index (χ2n) is 5.98. The number of carbonyl (C=O) groups is 1. The van der Waals surface area contributed by atoms with Crippen LogP contribution in [0.1, 0.15) is 23.7 Å². The molecule has 1 amide bonds. The zero-order chi connectivity index (χ0) is 17.2. The number of amides is 1. The molecule has 1 heterocycles. The molecule has 2 N–H and O–H groups in total. The van der Waals surface area contributed by atoms with Crippen molar-refractivity contribution in [1.82, 2.24) is 4.90 Å². The summed E-state index contributed by atoms with van der Waals surface area (Å²) in [6.45, 7) is 3.62. The monoisotopic (exact) mass is 359 g/mol. The van der Waals surface area contributed by atoms with Crippen molar-refractivity contribution in [2.24, 2.45) is 11.1 Å². The highest BCUT2D eigenvalue weighted by Crippen LogP contribution is 2.39. The molecule has 1 aliphatic rings. The van der Waals surface area contributed by atoms with Crippen LogP contribution in [-0.4, -0.2) is 49.6 Å². The summed E-state index contributed by atoms with van der Waals surface area (Å²) in [7, 11) is 2.69. The van der Waals surface area contributed by atoms with E-state index < -0.39 is 4.92 Å². The number of hydrogen-bond acceptors (Lipinski definition) is 6. The molecule has 2 rings (SSSR count). The topological polar surface area (TPSA) is 108 Å². The Morgan fingerprint density at radius 3 is 2.54 bits per heavy atom. The number of halogens is 1. The number of nitro benzene ring substituents is 1. The molecule has 0 saturated carbocycles. The van der Waals surface area contributed by atoms with Gasteiger partial charge in [-0.15, -0.1) is 12.4 Å². The van der Waals surface area contributed by atoms with Crippen LogP contribution in [0.15, 0.2) is 12.1 Å². The molecule has 0 bridgehead atoms. The van der Waals surface area contributed by atoms with Gasteiger partial charge in [0.15, 0.2) is 5.75 Å². The zero-order valence-electron chi connectivity index (χ0n) is 13.9. The van der Waals surface area contributed by atoms with E-state index in [2.05, 4.69) is 0 Å². The van der Waals surface area contributed by atoms with Crippen LogP contribution in [0.5, 0.6) is 11.5 Å². The Balaban J connectivity index is 0.00000288. The van der Waals surface area contributed by atoms with Crippen molar-refractivity contribution in [3.05, 3.63) is 27.8 Å². The van der Waals surface area contributed by atoms with Gasteiger partial charge in [-0.3, -0.25) is 14.9 Å². The molecule has 8 nitrogen and oxygen atoms in total. The third kappa shape index (κ3) is 3.70. The highest BCUT2D eigenvalue weighted by atomic mass is 35.5. The molecule has 1 aliphatic heterocycles. The summed E-state index contributed by atoms with van der Waals surface area (Å²) in [5, 5.41) is 11.2. The van der Waals surface area contributed by atoms with E-state index in [4.69, 9.17) is 15.2 Å². The molecule has 1 unspecified atom stereocenters. The maximum absolute atomic E-state index is 12.7. The van der Waals surface area contributed by atoms with Gasteiger partial charge in [0.1, 0.15) is 0 Å². The van der Waals surface area contributed by atoms with Gasteiger partial charge in [-0.2, -0.15) is 0 Å². The maximum atomic E-state index is 12.7. The fourth-order valence-electron chi connectivity index (χ4n) is 2.75. The van der Waals surface area contributed by atoms with Crippen molar-refractivity contribution in [2.75, 3.05) is 33.9 Å². The Kier molecular flexibility index (Phi) is 6.39. The number of hydrogen-bond donors (Lipinski definition) is 1. The minimum absolute atomic E-state index is 0. The van der Waals surface area contributed by atoms with Crippen molar-refractivity contribution >= 4 is 24.0 Å². The molecule has 0 radical (unpaired) electrons. The SMILES string of the molecule is COc1cc(C(=O)N2CCC(C)(CN)C2)cc([N+](=O)[O-])c1OC.Cl. The van der Waals surface area contributed by atoms with E-state index in [1.807, 2.05) is 6.92 Å². The quantitative estimate of drug-likeness (QED) is 0.634. The van der Waals surface area contributed by atoms with Crippen LogP contribution in [0.25, 0.3) is 0 Å². The Bertz CT molecular complexity index is 640. The van der Waals surface area contributed by atoms with Crippen LogP contribution in [0, 0.1) is 15.5 Å². The normalized spacial score (nSPS) is 19.6. The number of nitrogens with zero attached hydrogens (tertiary/aromatic N) is 2. The molecule has 1 fully saturated rings. The predicted molar refractivity (Wildman–Crippen MR) is 91.1 cm³/mol. The number of benzene rings is 1. The maximum Gasteiger partial charge on any atom is 0.315 e. The van der Waals surface area contributed by atoms with Crippen LogP contribution >= 0.6 is 12.4 Å². The molecule has 24 heavy (non-hydrogen) atoms. The van der Waals surface area contributed by atoms with E-state index in [0.29, 0.717) is 19.6 Å². The van der Waals surface area contributed by atoms with Crippen LogP contribution in [0.3, 0.4) is 0 Å². The number of likely N-dealkylation sites (tertiary alicyclic amines) is 1. The summed E-state index contributed by atoms with van der Waals surface area (Å²) < 4.78 is 10.2. The highest BCUT2D eigenvalue weighted by molar-refractivity contribution is 5.96. The highest BCUT2D eigenvalue weighted by Gasteiger charge is 2.36. The molecule has 0 spiro atoms. The van der Waals surface area contributed by atoms with Gasteiger partial charge < -0.3 is 20.1 Å². The fraction of sp³-hybridized carbons (Fsp3) is 0.533. The van der Waals surface area contributed by atoms with Gasteiger partial charge in [0, 0.05) is 19.2 Å². The van der Waals surface area contributed by atoms with E-state index >= 15 is 0 Å². The number of rotatable bonds is 5. The summed E-state index contributed by atoms with van der Waals surface area (Å²) in [6.07, 6.45) is 0.810. The minimum Gasteiger partial charge on any atom is -0.493 e. The Morgan fingerprint density at radius 1 is 1.42 bits per heavy atom. The first-order chi connectivity index (χ1) is 10.8. The third-order valence-corrected chi connectivity index (χ3v) is 4.24. The lowest BCUT2D eigenvalue weighted by Crippen LogP contribution is -2.34. The van der Waals surface area contributed by atoms with Crippen LogP contribution < -0.4 is 15.2 Å². The molecular weight excluding hydrogens is 338 g/mol. The molecular formula is C15H22ClN3O5. The molecule has 1 aromatic carbocycles. The number of carbonyl (C=O) groups excluding carboxylic acids is 1. The van der Waals surface area contributed by atoms with E-state index in [9.17, 15) is 14.9 Å². The van der Waals surface area contributed by atoms with Crippen molar-refractivity contribution in [1.29, 1.82) is 0 Å². The molecule has 1 aromatic rings.